The molecule has 5 nitrogen and oxygen atoms in total. The summed E-state index contributed by atoms with van der Waals surface area (Å²) in [5, 5.41) is 3.01. The Balaban J connectivity index is 1.27. The average molecular weight is 499 g/mol. The van der Waals surface area contributed by atoms with E-state index in [0.29, 0.717) is 11.3 Å². The summed E-state index contributed by atoms with van der Waals surface area (Å²) in [7, 11) is 0. The maximum absolute atomic E-state index is 14.0. The zero-order chi connectivity index (χ0) is 26.1. The molecule has 1 heterocycles. The number of benzene rings is 4. The van der Waals surface area contributed by atoms with Crippen LogP contribution in [0.15, 0.2) is 91.0 Å². The zero-order valence-corrected chi connectivity index (χ0v) is 21.1. The van der Waals surface area contributed by atoms with Gasteiger partial charge >= 0.3 is 0 Å². The largest absolute Gasteiger partial charge is 0.322 e. The summed E-state index contributed by atoms with van der Waals surface area (Å²) in [6, 6.07) is 29.1. The van der Waals surface area contributed by atoms with Crippen molar-refractivity contribution in [2.24, 2.45) is 11.8 Å². The fraction of sp³-hybridized carbons (Fsp3) is 0.182. The minimum Gasteiger partial charge on any atom is -0.322 e. The molecule has 2 atom stereocenters. The highest BCUT2D eigenvalue weighted by Gasteiger charge is 2.61. The van der Waals surface area contributed by atoms with Gasteiger partial charge in [0.05, 0.1) is 17.5 Å². The van der Waals surface area contributed by atoms with E-state index in [2.05, 4.69) is 29.6 Å². The third-order valence-electron chi connectivity index (χ3n) is 8.53. The Morgan fingerprint density at radius 1 is 0.658 bits per heavy atom. The van der Waals surface area contributed by atoms with Gasteiger partial charge in [0.2, 0.25) is 11.8 Å². The Morgan fingerprint density at radius 3 is 1.63 bits per heavy atom. The quantitative estimate of drug-likeness (QED) is 0.355. The number of anilines is 2. The van der Waals surface area contributed by atoms with Gasteiger partial charge in [0, 0.05) is 23.1 Å². The van der Waals surface area contributed by atoms with Gasteiger partial charge in [-0.1, -0.05) is 72.8 Å². The van der Waals surface area contributed by atoms with Crippen molar-refractivity contribution >= 4 is 29.1 Å². The van der Waals surface area contributed by atoms with Crippen LogP contribution in [0.1, 0.15) is 55.6 Å². The maximum Gasteiger partial charge on any atom is 0.255 e. The highest BCUT2D eigenvalue weighted by atomic mass is 16.2. The molecule has 0 spiro atoms. The van der Waals surface area contributed by atoms with Gasteiger partial charge in [-0.3, -0.25) is 14.4 Å². The van der Waals surface area contributed by atoms with E-state index in [1.807, 2.05) is 56.3 Å². The first kappa shape index (κ1) is 22.7. The van der Waals surface area contributed by atoms with Crippen LogP contribution in [-0.4, -0.2) is 17.7 Å². The lowest BCUT2D eigenvalue weighted by atomic mass is 9.55. The molecule has 2 unspecified atom stereocenters. The first-order valence-corrected chi connectivity index (χ1v) is 13.0. The topological polar surface area (TPSA) is 66.5 Å². The van der Waals surface area contributed by atoms with Crippen molar-refractivity contribution in [3.8, 4) is 0 Å². The van der Waals surface area contributed by atoms with Crippen LogP contribution in [0.3, 0.4) is 0 Å². The van der Waals surface area contributed by atoms with Crippen molar-refractivity contribution in [3.63, 3.8) is 0 Å². The molecule has 5 heteroatoms. The molecule has 4 aromatic rings. The Bertz CT molecular complexity index is 1540. The Labute approximate surface area is 221 Å². The van der Waals surface area contributed by atoms with Gasteiger partial charge in [-0.25, -0.2) is 4.90 Å². The molecular formula is C33H26N2O3. The van der Waals surface area contributed by atoms with Crippen LogP contribution in [0.25, 0.3) is 0 Å². The molecule has 3 amide bonds. The zero-order valence-electron chi connectivity index (χ0n) is 21.1. The molecule has 8 rings (SSSR count). The molecule has 1 fully saturated rings. The van der Waals surface area contributed by atoms with Gasteiger partial charge in [0.1, 0.15) is 0 Å². The van der Waals surface area contributed by atoms with Gasteiger partial charge in [0.25, 0.3) is 5.91 Å². The molecule has 4 aromatic carbocycles. The smallest absolute Gasteiger partial charge is 0.255 e. The predicted molar refractivity (Wildman–Crippen MR) is 146 cm³/mol. The number of carbonyl (C=O) groups is 3. The summed E-state index contributed by atoms with van der Waals surface area (Å²) in [6.07, 6.45) is 0. The standard InChI is InChI=1S/C33H26N2O3/c1-18-9-7-10-19(2)30(18)34-31(36)20-11-8-12-21(17-20)35-32(37)28-26-22-13-3-4-14-23(22)27(29(28)33(35)38)25-16-6-5-15-24(25)26/h3-17,26-29H,1-2H3,(H,34,36). The van der Waals surface area contributed by atoms with Crippen LogP contribution < -0.4 is 10.2 Å². The SMILES string of the molecule is Cc1cccc(C)c1NC(=O)c1cccc(N2C(=O)C3C4c5ccccc5C(c5ccccc54)C3C2=O)c1. The van der Waals surface area contributed by atoms with E-state index < -0.39 is 11.8 Å². The molecule has 186 valence electrons. The molecule has 1 aliphatic heterocycles. The van der Waals surface area contributed by atoms with E-state index in [9.17, 15) is 14.4 Å². The number of nitrogens with one attached hydrogen (secondary N) is 1. The number of hydrogen-bond donors (Lipinski definition) is 1. The second-order valence-corrected chi connectivity index (χ2v) is 10.5. The first-order chi connectivity index (χ1) is 18.5. The molecule has 0 saturated carbocycles. The number of carbonyl (C=O) groups excluding carboxylic acids is 3. The number of aryl methyl sites for hydroxylation is 2. The normalized spacial score (nSPS) is 22.6. The summed E-state index contributed by atoms with van der Waals surface area (Å²) in [5.41, 5.74) is 8.12. The number of amides is 3. The molecule has 1 N–H and O–H groups in total. The fourth-order valence-corrected chi connectivity index (χ4v) is 6.92. The van der Waals surface area contributed by atoms with Crippen molar-refractivity contribution in [3.05, 3.63) is 130 Å². The van der Waals surface area contributed by atoms with E-state index in [1.54, 1.807) is 24.3 Å². The molecular weight excluding hydrogens is 472 g/mol. The van der Waals surface area contributed by atoms with Gasteiger partial charge in [-0.2, -0.15) is 0 Å². The van der Waals surface area contributed by atoms with Crippen molar-refractivity contribution < 1.29 is 14.4 Å². The van der Waals surface area contributed by atoms with Gasteiger partial charge in [-0.05, 0) is 65.4 Å². The van der Waals surface area contributed by atoms with E-state index in [1.165, 1.54) is 4.90 Å². The second kappa shape index (κ2) is 8.25. The molecule has 4 aliphatic rings. The minimum atomic E-state index is -0.454. The Morgan fingerprint density at radius 2 is 1.13 bits per heavy atom. The second-order valence-electron chi connectivity index (χ2n) is 10.5. The first-order valence-electron chi connectivity index (χ1n) is 13.0. The van der Waals surface area contributed by atoms with Crippen LogP contribution >= 0.6 is 0 Å². The molecule has 1 saturated heterocycles. The Kier molecular flexibility index (Phi) is 4.92. The van der Waals surface area contributed by atoms with Crippen molar-refractivity contribution in [1.82, 2.24) is 0 Å². The summed E-state index contributed by atoms with van der Waals surface area (Å²) in [6.45, 7) is 3.90. The van der Waals surface area contributed by atoms with Crippen molar-refractivity contribution in [2.45, 2.75) is 25.7 Å². The molecule has 38 heavy (non-hydrogen) atoms. The number of para-hydroxylation sites is 1. The summed E-state index contributed by atoms with van der Waals surface area (Å²) in [5.74, 6) is -1.88. The van der Waals surface area contributed by atoms with Gasteiger partial charge < -0.3 is 5.32 Å². The van der Waals surface area contributed by atoms with E-state index in [0.717, 1.165) is 39.1 Å². The minimum absolute atomic E-state index is 0.158. The van der Waals surface area contributed by atoms with Crippen LogP contribution in [-0.2, 0) is 9.59 Å². The van der Waals surface area contributed by atoms with E-state index >= 15 is 0 Å². The van der Waals surface area contributed by atoms with Crippen LogP contribution in [0.5, 0.6) is 0 Å². The average Bonchev–Trinajstić information content (AvgIpc) is 3.21. The monoisotopic (exact) mass is 498 g/mol. The number of hydrogen-bond acceptors (Lipinski definition) is 3. The lowest BCUT2D eigenvalue weighted by Crippen LogP contribution is -2.41. The van der Waals surface area contributed by atoms with Gasteiger partial charge in [-0.15, -0.1) is 0 Å². The van der Waals surface area contributed by atoms with E-state index in [-0.39, 0.29) is 29.6 Å². The summed E-state index contributed by atoms with van der Waals surface area (Å²) >= 11 is 0. The molecule has 0 radical (unpaired) electrons. The number of imide groups is 1. The summed E-state index contributed by atoms with van der Waals surface area (Å²) < 4.78 is 0. The predicted octanol–water partition coefficient (Wildman–Crippen LogP) is 5.95. The highest BCUT2D eigenvalue weighted by Crippen LogP contribution is 2.61. The number of nitrogens with zero attached hydrogens (tertiary/aromatic N) is 1. The third-order valence-corrected chi connectivity index (χ3v) is 8.53. The Hall–Kier alpha value is -4.51. The van der Waals surface area contributed by atoms with Crippen LogP contribution in [0.2, 0.25) is 0 Å². The summed E-state index contributed by atoms with van der Waals surface area (Å²) in [4.78, 5) is 42.6. The third kappa shape index (κ3) is 3.08. The van der Waals surface area contributed by atoms with E-state index in [4.69, 9.17) is 0 Å². The van der Waals surface area contributed by atoms with Crippen molar-refractivity contribution in [2.75, 3.05) is 10.2 Å². The lowest BCUT2D eigenvalue weighted by molar-refractivity contribution is -0.122. The number of rotatable bonds is 3. The van der Waals surface area contributed by atoms with Crippen LogP contribution in [0.4, 0.5) is 11.4 Å². The maximum atomic E-state index is 14.0. The molecule has 0 aromatic heterocycles. The molecule has 3 aliphatic carbocycles. The van der Waals surface area contributed by atoms with Gasteiger partial charge in [0.15, 0.2) is 0 Å². The molecule has 2 bridgehead atoms. The highest BCUT2D eigenvalue weighted by molar-refractivity contribution is 6.23. The fourth-order valence-electron chi connectivity index (χ4n) is 6.92. The van der Waals surface area contributed by atoms with Crippen LogP contribution in [0, 0.1) is 25.7 Å². The van der Waals surface area contributed by atoms with Crippen molar-refractivity contribution in [1.29, 1.82) is 0 Å². The lowest BCUT2D eigenvalue weighted by Gasteiger charge is -2.45.